The number of carboxylic acid groups (broad SMARTS) is 1. The standard InChI is InChI=1S/C6H6N2O.C6H5NO2/c7-6(9)5-2-1-3-8-4-5;8-6(9)5-3-1-2-4-7-5/h1-4H,(H2,7,9);1-4H,(H,8,9). The van der Waals surface area contributed by atoms with Gasteiger partial charge in [0.25, 0.3) is 0 Å². The number of pyridine rings is 2. The van der Waals surface area contributed by atoms with Crippen LogP contribution in [0.1, 0.15) is 20.8 Å². The van der Waals surface area contributed by atoms with Crippen LogP contribution in [0.3, 0.4) is 0 Å². The molecular formula is C12H11N3O3. The zero-order valence-corrected chi connectivity index (χ0v) is 9.35. The fraction of sp³-hybridized carbons (Fsp3) is 0. The maximum Gasteiger partial charge on any atom is 0.354 e. The highest BCUT2D eigenvalue weighted by Gasteiger charge is 1.98. The van der Waals surface area contributed by atoms with Crippen LogP contribution >= 0.6 is 0 Å². The Bertz CT molecular complexity index is 465. The molecule has 1 amide bonds. The van der Waals surface area contributed by atoms with E-state index in [4.69, 9.17) is 10.8 Å². The molecule has 6 nitrogen and oxygen atoms in total. The first-order valence-corrected chi connectivity index (χ1v) is 4.95. The van der Waals surface area contributed by atoms with E-state index in [2.05, 4.69) is 9.97 Å². The summed E-state index contributed by atoms with van der Waals surface area (Å²) in [4.78, 5) is 27.8. The monoisotopic (exact) mass is 245 g/mol. The lowest BCUT2D eigenvalue weighted by molar-refractivity contribution is 0.0690. The van der Waals surface area contributed by atoms with Crippen molar-refractivity contribution >= 4 is 11.9 Å². The van der Waals surface area contributed by atoms with E-state index in [9.17, 15) is 9.59 Å². The van der Waals surface area contributed by atoms with Crippen LogP contribution in [0.15, 0.2) is 48.9 Å². The predicted molar refractivity (Wildman–Crippen MR) is 64.0 cm³/mol. The summed E-state index contributed by atoms with van der Waals surface area (Å²) in [7, 11) is 0. The van der Waals surface area contributed by atoms with E-state index in [0.29, 0.717) is 5.56 Å². The minimum atomic E-state index is -0.990. The van der Waals surface area contributed by atoms with Gasteiger partial charge in [-0.25, -0.2) is 9.78 Å². The van der Waals surface area contributed by atoms with Gasteiger partial charge in [0, 0.05) is 18.6 Å². The molecule has 0 bridgehead atoms. The molecule has 0 saturated carbocycles. The molecule has 0 aliphatic carbocycles. The van der Waals surface area contributed by atoms with Gasteiger partial charge in [-0.3, -0.25) is 9.78 Å². The van der Waals surface area contributed by atoms with Gasteiger partial charge in [-0.05, 0) is 24.3 Å². The number of nitrogens with two attached hydrogens (primary N) is 1. The van der Waals surface area contributed by atoms with Crippen LogP contribution in [0.5, 0.6) is 0 Å². The van der Waals surface area contributed by atoms with Crippen molar-refractivity contribution in [1.82, 2.24) is 9.97 Å². The minimum Gasteiger partial charge on any atom is -0.477 e. The molecule has 2 aromatic rings. The first-order valence-electron chi connectivity index (χ1n) is 4.95. The molecule has 92 valence electrons. The molecule has 0 unspecified atom stereocenters. The molecule has 2 aromatic heterocycles. The predicted octanol–water partition coefficient (Wildman–Crippen LogP) is 0.960. The highest BCUT2D eigenvalue weighted by atomic mass is 16.4. The lowest BCUT2D eigenvalue weighted by atomic mass is 10.3. The molecule has 6 heteroatoms. The highest BCUT2D eigenvalue weighted by Crippen LogP contribution is 1.91. The summed E-state index contributed by atoms with van der Waals surface area (Å²) in [5, 5.41) is 8.32. The van der Waals surface area contributed by atoms with Gasteiger partial charge in [0.05, 0.1) is 5.56 Å². The van der Waals surface area contributed by atoms with Gasteiger partial charge in [-0.1, -0.05) is 6.07 Å². The summed E-state index contributed by atoms with van der Waals surface area (Å²) in [5.41, 5.74) is 5.46. The van der Waals surface area contributed by atoms with Gasteiger partial charge in [0.2, 0.25) is 5.91 Å². The number of hydrogen-bond donors (Lipinski definition) is 2. The van der Waals surface area contributed by atoms with Crippen LogP contribution in [-0.2, 0) is 0 Å². The number of carboxylic acids is 1. The highest BCUT2D eigenvalue weighted by molar-refractivity contribution is 5.92. The van der Waals surface area contributed by atoms with Crippen LogP contribution in [0.4, 0.5) is 0 Å². The summed E-state index contributed by atoms with van der Waals surface area (Å²) in [6.07, 6.45) is 4.47. The molecule has 0 radical (unpaired) electrons. The molecule has 0 saturated heterocycles. The Morgan fingerprint density at radius 2 is 1.89 bits per heavy atom. The number of primary amides is 1. The van der Waals surface area contributed by atoms with Crippen molar-refractivity contribution in [1.29, 1.82) is 0 Å². The fourth-order valence-electron chi connectivity index (χ4n) is 0.998. The Kier molecular flexibility index (Phi) is 4.98. The van der Waals surface area contributed by atoms with Crippen LogP contribution in [-0.4, -0.2) is 27.0 Å². The summed E-state index contributed by atoms with van der Waals surface area (Å²) in [6, 6.07) is 8.04. The van der Waals surface area contributed by atoms with Gasteiger partial charge < -0.3 is 10.8 Å². The Hall–Kier alpha value is -2.76. The Morgan fingerprint density at radius 3 is 2.22 bits per heavy atom. The van der Waals surface area contributed by atoms with E-state index in [-0.39, 0.29) is 5.69 Å². The zero-order chi connectivity index (χ0) is 13.4. The number of aromatic nitrogens is 2. The Balaban J connectivity index is 0.000000180. The molecule has 2 rings (SSSR count). The van der Waals surface area contributed by atoms with Crippen molar-refractivity contribution in [2.45, 2.75) is 0 Å². The van der Waals surface area contributed by atoms with Crippen LogP contribution < -0.4 is 5.73 Å². The van der Waals surface area contributed by atoms with Gasteiger partial charge in [0.15, 0.2) is 0 Å². The molecule has 0 aliphatic heterocycles. The van der Waals surface area contributed by atoms with Gasteiger partial charge in [-0.2, -0.15) is 0 Å². The molecule has 2 heterocycles. The van der Waals surface area contributed by atoms with Crippen molar-refractivity contribution < 1.29 is 14.7 Å². The molecule has 0 fully saturated rings. The number of aromatic carboxylic acids is 1. The van der Waals surface area contributed by atoms with Gasteiger partial charge >= 0.3 is 5.97 Å². The van der Waals surface area contributed by atoms with E-state index in [1.807, 2.05) is 0 Å². The lowest BCUT2D eigenvalue weighted by Gasteiger charge is -1.88. The van der Waals surface area contributed by atoms with Crippen LogP contribution in [0.25, 0.3) is 0 Å². The third-order valence-corrected chi connectivity index (χ3v) is 1.83. The topological polar surface area (TPSA) is 106 Å². The number of carbonyl (C=O) groups is 2. The quantitative estimate of drug-likeness (QED) is 0.819. The van der Waals surface area contributed by atoms with E-state index >= 15 is 0 Å². The SMILES string of the molecule is NC(=O)c1cccnc1.O=C(O)c1ccccn1. The maximum absolute atomic E-state index is 10.4. The average molecular weight is 245 g/mol. The fourth-order valence-corrected chi connectivity index (χ4v) is 0.998. The second-order valence-corrected chi connectivity index (χ2v) is 3.13. The van der Waals surface area contributed by atoms with Crippen molar-refractivity contribution in [2.75, 3.05) is 0 Å². The van der Waals surface area contributed by atoms with E-state index < -0.39 is 11.9 Å². The number of carbonyl (C=O) groups excluding carboxylic acids is 1. The normalized spacial score (nSPS) is 8.89. The first kappa shape index (κ1) is 13.3. The van der Waals surface area contributed by atoms with E-state index in [0.717, 1.165) is 0 Å². The molecule has 3 N–H and O–H groups in total. The van der Waals surface area contributed by atoms with E-state index in [1.165, 1.54) is 18.5 Å². The summed E-state index contributed by atoms with van der Waals surface area (Å²) in [5.74, 6) is -1.43. The van der Waals surface area contributed by atoms with Gasteiger partial charge in [-0.15, -0.1) is 0 Å². The number of rotatable bonds is 2. The van der Waals surface area contributed by atoms with Crippen molar-refractivity contribution in [3.63, 3.8) is 0 Å². The van der Waals surface area contributed by atoms with Gasteiger partial charge in [0.1, 0.15) is 5.69 Å². The van der Waals surface area contributed by atoms with Crippen molar-refractivity contribution in [3.05, 3.63) is 60.2 Å². The maximum atomic E-state index is 10.4. The summed E-state index contributed by atoms with van der Waals surface area (Å²) in [6.45, 7) is 0. The molecule has 0 aromatic carbocycles. The summed E-state index contributed by atoms with van der Waals surface area (Å²) >= 11 is 0. The molecule has 0 spiro atoms. The molecule has 0 atom stereocenters. The smallest absolute Gasteiger partial charge is 0.354 e. The molecular weight excluding hydrogens is 234 g/mol. The third-order valence-electron chi connectivity index (χ3n) is 1.83. The Labute approximate surface area is 103 Å². The Morgan fingerprint density at radius 1 is 1.11 bits per heavy atom. The zero-order valence-electron chi connectivity index (χ0n) is 9.35. The van der Waals surface area contributed by atoms with Crippen LogP contribution in [0, 0.1) is 0 Å². The number of hydrogen-bond acceptors (Lipinski definition) is 4. The minimum absolute atomic E-state index is 0.0810. The first-order chi connectivity index (χ1) is 8.61. The largest absolute Gasteiger partial charge is 0.477 e. The molecule has 18 heavy (non-hydrogen) atoms. The molecule has 0 aliphatic rings. The van der Waals surface area contributed by atoms with Crippen LogP contribution in [0.2, 0.25) is 0 Å². The number of nitrogens with zero attached hydrogens (tertiary/aromatic N) is 2. The van der Waals surface area contributed by atoms with E-state index in [1.54, 1.807) is 30.5 Å². The summed E-state index contributed by atoms with van der Waals surface area (Å²) < 4.78 is 0. The lowest BCUT2D eigenvalue weighted by Crippen LogP contribution is -2.10. The second-order valence-electron chi connectivity index (χ2n) is 3.13. The van der Waals surface area contributed by atoms with Crippen molar-refractivity contribution in [2.24, 2.45) is 5.73 Å². The third kappa shape index (κ3) is 4.40. The second kappa shape index (κ2) is 6.74. The van der Waals surface area contributed by atoms with Crippen molar-refractivity contribution in [3.8, 4) is 0 Å². The average Bonchev–Trinajstić information content (AvgIpc) is 2.41. The number of amides is 1.